The van der Waals surface area contributed by atoms with Gasteiger partial charge >= 0.3 is 6.09 Å². The first-order valence-corrected chi connectivity index (χ1v) is 13.9. The maximum absolute atomic E-state index is 13.4. The SMILES string of the molecule is N[C@@H](Cc1cc(Br)c(O)c(Br)c1)C(=O)N[C@@H](CCCCNC(=O)O)C(=O)N1CCN(c2ccncc2)CC1. The molecule has 3 amide bonds. The van der Waals surface area contributed by atoms with Crippen molar-refractivity contribution in [3.8, 4) is 5.75 Å². The van der Waals surface area contributed by atoms with Crippen molar-refractivity contribution in [2.75, 3.05) is 37.6 Å². The number of hydrogen-bond donors (Lipinski definition) is 5. The first-order chi connectivity index (χ1) is 18.2. The summed E-state index contributed by atoms with van der Waals surface area (Å²) in [6.07, 6.45) is 4.00. The van der Waals surface area contributed by atoms with Gasteiger partial charge in [-0.15, -0.1) is 0 Å². The molecule has 1 fully saturated rings. The lowest BCUT2D eigenvalue weighted by molar-refractivity contribution is -0.137. The van der Waals surface area contributed by atoms with Crippen LogP contribution < -0.4 is 21.3 Å². The van der Waals surface area contributed by atoms with Gasteiger partial charge in [-0.1, -0.05) is 0 Å². The number of phenols is 1. The van der Waals surface area contributed by atoms with Gasteiger partial charge in [0.1, 0.15) is 11.8 Å². The van der Waals surface area contributed by atoms with Crippen LogP contribution in [-0.4, -0.2) is 82.8 Å². The normalized spacial score (nSPS) is 15.0. The lowest BCUT2D eigenvalue weighted by Crippen LogP contribution is -2.57. The molecule has 0 saturated carbocycles. The fourth-order valence-electron chi connectivity index (χ4n) is 4.25. The van der Waals surface area contributed by atoms with Crippen molar-refractivity contribution in [2.24, 2.45) is 5.73 Å². The van der Waals surface area contributed by atoms with Crippen LogP contribution in [0.5, 0.6) is 5.75 Å². The molecule has 1 aromatic heterocycles. The van der Waals surface area contributed by atoms with E-state index in [2.05, 4.69) is 52.4 Å². The average molecular weight is 656 g/mol. The van der Waals surface area contributed by atoms with Crippen LogP contribution in [0.2, 0.25) is 0 Å². The molecule has 0 bridgehead atoms. The minimum Gasteiger partial charge on any atom is -0.506 e. The molecular weight excluding hydrogens is 624 g/mol. The second-order valence-electron chi connectivity index (χ2n) is 9.03. The number of halogens is 2. The smallest absolute Gasteiger partial charge is 0.404 e. The van der Waals surface area contributed by atoms with Gasteiger partial charge in [0.05, 0.1) is 15.0 Å². The molecule has 1 aliphatic heterocycles. The Bertz CT molecular complexity index is 1090. The number of rotatable bonds is 11. The molecule has 38 heavy (non-hydrogen) atoms. The molecule has 0 unspecified atom stereocenters. The van der Waals surface area contributed by atoms with Crippen LogP contribution in [0.25, 0.3) is 0 Å². The van der Waals surface area contributed by atoms with E-state index in [9.17, 15) is 19.5 Å². The number of amides is 3. The zero-order valence-corrected chi connectivity index (χ0v) is 23.9. The standard InChI is InChI=1S/C25H32Br2N6O5/c26-18-13-16(14-19(27)22(18)34)15-20(28)23(35)31-21(3-1-2-6-30-25(37)38)24(36)33-11-9-32(10-12-33)17-4-7-29-8-5-17/h4-5,7-8,13-14,20-21,30,34H,1-3,6,9-12,15,28H2,(H,31,35)(H,37,38)/t20-,21-/m0/s1. The Hall–Kier alpha value is -2.90. The van der Waals surface area contributed by atoms with Crippen LogP contribution in [-0.2, 0) is 16.0 Å². The zero-order chi connectivity index (χ0) is 27.7. The predicted octanol–water partition coefficient (Wildman–Crippen LogP) is 2.45. The summed E-state index contributed by atoms with van der Waals surface area (Å²) in [5.74, 6) is -0.581. The van der Waals surface area contributed by atoms with E-state index in [1.165, 1.54) is 0 Å². The van der Waals surface area contributed by atoms with Gasteiger partial charge in [-0.05, 0) is 87.4 Å². The maximum Gasteiger partial charge on any atom is 0.404 e. The van der Waals surface area contributed by atoms with Crippen LogP contribution in [0.15, 0.2) is 45.6 Å². The number of carbonyl (C=O) groups excluding carboxylic acids is 2. The van der Waals surface area contributed by atoms with Crippen LogP contribution in [0, 0.1) is 0 Å². The summed E-state index contributed by atoms with van der Waals surface area (Å²) < 4.78 is 0.951. The highest BCUT2D eigenvalue weighted by Crippen LogP contribution is 2.33. The molecule has 2 heterocycles. The van der Waals surface area contributed by atoms with Gasteiger partial charge in [0.25, 0.3) is 0 Å². The molecule has 11 nitrogen and oxygen atoms in total. The molecule has 0 spiro atoms. The van der Waals surface area contributed by atoms with Crippen LogP contribution in [0.1, 0.15) is 24.8 Å². The highest BCUT2D eigenvalue weighted by molar-refractivity contribution is 9.11. The Labute approximate surface area is 238 Å². The van der Waals surface area contributed by atoms with Gasteiger partial charge < -0.3 is 36.4 Å². The Kier molecular flexibility index (Phi) is 11.2. The molecule has 2 aromatic rings. The third-order valence-corrected chi connectivity index (χ3v) is 7.51. The minimum atomic E-state index is -1.10. The van der Waals surface area contributed by atoms with E-state index < -0.39 is 24.1 Å². The quantitative estimate of drug-likeness (QED) is 0.231. The molecule has 1 saturated heterocycles. The second-order valence-corrected chi connectivity index (χ2v) is 10.7. The number of unbranched alkanes of at least 4 members (excludes halogenated alkanes) is 1. The topological polar surface area (TPSA) is 161 Å². The first kappa shape index (κ1) is 29.7. The third-order valence-electron chi connectivity index (χ3n) is 6.30. The highest BCUT2D eigenvalue weighted by Gasteiger charge is 2.30. The van der Waals surface area contributed by atoms with Crippen molar-refractivity contribution in [3.05, 3.63) is 51.2 Å². The molecular formula is C25H32Br2N6O5. The van der Waals surface area contributed by atoms with Crippen molar-refractivity contribution in [2.45, 2.75) is 37.8 Å². The number of phenolic OH excluding ortho intramolecular Hbond substituents is 1. The largest absolute Gasteiger partial charge is 0.506 e. The van der Waals surface area contributed by atoms with Gasteiger partial charge in [-0.25, -0.2) is 4.79 Å². The number of nitrogens with two attached hydrogens (primary N) is 1. The summed E-state index contributed by atoms with van der Waals surface area (Å²) in [5, 5.41) is 23.8. The molecule has 1 aromatic carbocycles. The fraction of sp³-hybridized carbons (Fsp3) is 0.440. The van der Waals surface area contributed by atoms with Gasteiger partial charge in [-0.3, -0.25) is 14.6 Å². The molecule has 6 N–H and O–H groups in total. The Morgan fingerprint density at radius 3 is 2.29 bits per heavy atom. The number of piperazine rings is 1. The van der Waals surface area contributed by atoms with Crippen molar-refractivity contribution < 1.29 is 24.6 Å². The molecule has 3 rings (SSSR count). The van der Waals surface area contributed by atoms with Gasteiger partial charge in [-0.2, -0.15) is 0 Å². The summed E-state index contributed by atoms with van der Waals surface area (Å²) in [6.45, 7) is 2.59. The number of nitrogens with zero attached hydrogens (tertiary/aromatic N) is 3. The summed E-state index contributed by atoms with van der Waals surface area (Å²) in [5.41, 5.74) is 7.97. The Balaban J connectivity index is 1.62. The van der Waals surface area contributed by atoms with Crippen molar-refractivity contribution in [3.63, 3.8) is 0 Å². The fourth-order valence-corrected chi connectivity index (χ4v) is 5.53. The number of aromatic nitrogens is 1. The van der Waals surface area contributed by atoms with E-state index in [1.807, 2.05) is 12.1 Å². The zero-order valence-electron chi connectivity index (χ0n) is 20.8. The molecule has 0 aliphatic carbocycles. The number of nitrogens with one attached hydrogen (secondary N) is 2. The van der Waals surface area contributed by atoms with E-state index in [4.69, 9.17) is 10.8 Å². The lowest BCUT2D eigenvalue weighted by atomic mass is 10.0. The van der Waals surface area contributed by atoms with Crippen molar-refractivity contribution in [1.82, 2.24) is 20.5 Å². The average Bonchev–Trinajstić information content (AvgIpc) is 2.90. The van der Waals surface area contributed by atoms with Gasteiger partial charge in [0.2, 0.25) is 11.8 Å². The van der Waals surface area contributed by atoms with Crippen LogP contribution in [0.4, 0.5) is 10.5 Å². The number of carbonyl (C=O) groups is 3. The van der Waals surface area contributed by atoms with Crippen molar-refractivity contribution in [1.29, 1.82) is 0 Å². The van der Waals surface area contributed by atoms with Crippen LogP contribution in [0.3, 0.4) is 0 Å². The van der Waals surface area contributed by atoms with Gasteiger partial charge in [0.15, 0.2) is 0 Å². The third kappa shape index (κ3) is 8.57. The molecule has 1 aliphatic rings. The Morgan fingerprint density at radius 2 is 1.68 bits per heavy atom. The van der Waals surface area contributed by atoms with E-state index in [0.717, 1.165) is 11.3 Å². The van der Waals surface area contributed by atoms with Crippen molar-refractivity contribution >= 4 is 55.5 Å². The number of hydrogen-bond acceptors (Lipinski definition) is 7. The van der Waals surface area contributed by atoms with Crippen LogP contribution >= 0.6 is 31.9 Å². The van der Waals surface area contributed by atoms with E-state index in [1.54, 1.807) is 29.4 Å². The number of pyridine rings is 1. The minimum absolute atomic E-state index is 0.0545. The van der Waals surface area contributed by atoms with E-state index >= 15 is 0 Å². The molecule has 13 heteroatoms. The number of anilines is 1. The first-order valence-electron chi connectivity index (χ1n) is 12.3. The van der Waals surface area contributed by atoms with E-state index in [-0.39, 0.29) is 24.6 Å². The van der Waals surface area contributed by atoms with E-state index in [0.29, 0.717) is 54.4 Å². The highest BCUT2D eigenvalue weighted by atomic mass is 79.9. The second kappa shape index (κ2) is 14.3. The number of benzene rings is 1. The molecule has 206 valence electrons. The molecule has 2 atom stereocenters. The summed E-state index contributed by atoms with van der Waals surface area (Å²) in [4.78, 5) is 45.1. The summed E-state index contributed by atoms with van der Waals surface area (Å²) >= 11 is 6.55. The lowest BCUT2D eigenvalue weighted by Gasteiger charge is -2.37. The monoisotopic (exact) mass is 654 g/mol. The number of carboxylic acid groups (broad SMARTS) is 1. The predicted molar refractivity (Wildman–Crippen MR) is 150 cm³/mol. The summed E-state index contributed by atoms with van der Waals surface area (Å²) in [7, 11) is 0. The summed E-state index contributed by atoms with van der Waals surface area (Å²) in [6, 6.07) is 5.55. The maximum atomic E-state index is 13.4. The van der Waals surface area contributed by atoms with Gasteiger partial charge in [0, 0.05) is 50.8 Å². The molecule has 0 radical (unpaired) electrons. The number of aromatic hydroxyl groups is 1. The Morgan fingerprint density at radius 1 is 1.05 bits per heavy atom.